The Morgan fingerprint density at radius 3 is 2.47 bits per heavy atom. The molecule has 19 heavy (non-hydrogen) atoms. The molecule has 0 saturated carbocycles. The maximum Gasteiger partial charge on any atom is 0.241 e. The van der Waals surface area contributed by atoms with Crippen molar-refractivity contribution in [2.45, 2.75) is 77.6 Å². The number of ether oxygens (including phenoxy) is 1. The highest BCUT2D eigenvalue weighted by Gasteiger charge is 2.40. The summed E-state index contributed by atoms with van der Waals surface area (Å²) in [7, 11) is 1.71. The van der Waals surface area contributed by atoms with Gasteiger partial charge in [0.2, 0.25) is 5.91 Å². The smallest absolute Gasteiger partial charge is 0.241 e. The first-order chi connectivity index (χ1) is 8.95. The Bertz CT molecular complexity index is 292. The molecule has 1 heterocycles. The summed E-state index contributed by atoms with van der Waals surface area (Å²) in [6, 6.07) is 0.00385. The Labute approximate surface area is 117 Å². The normalized spacial score (nSPS) is 24.3. The standard InChI is InChI=1S/C15H30N2O2/c1-6-8-10-12-14(18)17(11-15(3,4)19-5)13(16-12)9-7-2/h12-13,16H,6-11H2,1-5H3. The maximum atomic E-state index is 12.5. The lowest BCUT2D eigenvalue weighted by atomic mass is 10.1. The molecule has 0 bridgehead atoms. The van der Waals surface area contributed by atoms with Gasteiger partial charge in [-0.15, -0.1) is 0 Å². The van der Waals surface area contributed by atoms with Gasteiger partial charge >= 0.3 is 0 Å². The van der Waals surface area contributed by atoms with Gasteiger partial charge in [-0.3, -0.25) is 10.1 Å². The van der Waals surface area contributed by atoms with Gasteiger partial charge in [0.15, 0.2) is 0 Å². The summed E-state index contributed by atoms with van der Waals surface area (Å²) < 4.78 is 5.47. The summed E-state index contributed by atoms with van der Waals surface area (Å²) in [6.07, 6.45) is 5.44. The number of unbranched alkanes of at least 4 members (excludes halogenated alkanes) is 1. The summed E-state index contributed by atoms with van der Waals surface area (Å²) in [5, 5.41) is 3.49. The lowest BCUT2D eigenvalue weighted by Gasteiger charge is -2.32. The van der Waals surface area contributed by atoms with E-state index in [4.69, 9.17) is 4.74 Å². The molecule has 4 nitrogen and oxygen atoms in total. The third-order valence-corrected chi connectivity index (χ3v) is 3.86. The molecule has 0 radical (unpaired) electrons. The first kappa shape index (κ1) is 16.4. The highest BCUT2D eigenvalue weighted by molar-refractivity contribution is 5.84. The first-order valence-corrected chi connectivity index (χ1v) is 7.56. The molecule has 2 atom stereocenters. The molecule has 0 aromatic heterocycles. The molecule has 1 amide bonds. The molecular weight excluding hydrogens is 240 g/mol. The van der Waals surface area contributed by atoms with Gasteiger partial charge in [0.05, 0.1) is 24.4 Å². The predicted octanol–water partition coefficient (Wildman–Crippen LogP) is 2.53. The van der Waals surface area contributed by atoms with E-state index in [2.05, 4.69) is 19.2 Å². The predicted molar refractivity (Wildman–Crippen MR) is 77.9 cm³/mol. The van der Waals surface area contributed by atoms with Crippen LogP contribution in [0.3, 0.4) is 0 Å². The monoisotopic (exact) mass is 270 g/mol. The second-order valence-electron chi connectivity index (χ2n) is 6.10. The van der Waals surface area contributed by atoms with Crippen molar-refractivity contribution in [2.75, 3.05) is 13.7 Å². The Kier molecular flexibility index (Phi) is 6.27. The minimum Gasteiger partial charge on any atom is -0.377 e. The van der Waals surface area contributed by atoms with Crippen molar-refractivity contribution in [1.29, 1.82) is 0 Å². The molecule has 1 aliphatic heterocycles. The van der Waals surface area contributed by atoms with Gasteiger partial charge in [0.25, 0.3) is 0 Å². The van der Waals surface area contributed by atoms with Crippen molar-refractivity contribution in [3.63, 3.8) is 0 Å². The molecule has 1 fully saturated rings. The lowest BCUT2D eigenvalue weighted by Crippen LogP contribution is -2.46. The van der Waals surface area contributed by atoms with Gasteiger partial charge in [-0.25, -0.2) is 0 Å². The second-order valence-corrected chi connectivity index (χ2v) is 6.10. The van der Waals surface area contributed by atoms with Gasteiger partial charge in [-0.2, -0.15) is 0 Å². The van der Waals surface area contributed by atoms with Crippen molar-refractivity contribution in [2.24, 2.45) is 0 Å². The number of methoxy groups -OCH3 is 1. The van der Waals surface area contributed by atoms with Gasteiger partial charge < -0.3 is 9.64 Å². The van der Waals surface area contributed by atoms with Crippen molar-refractivity contribution in [1.82, 2.24) is 10.2 Å². The zero-order valence-electron chi connectivity index (χ0n) is 13.2. The fraction of sp³-hybridized carbons (Fsp3) is 0.933. The molecule has 2 unspecified atom stereocenters. The van der Waals surface area contributed by atoms with E-state index in [1.54, 1.807) is 7.11 Å². The average molecular weight is 270 g/mol. The maximum absolute atomic E-state index is 12.5. The molecule has 112 valence electrons. The van der Waals surface area contributed by atoms with Crippen LogP contribution in [0.15, 0.2) is 0 Å². The number of nitrogens with one attached hydrogen (secondary N) is 1. The molecule has 1 aliphatic rings. The lowest BCUT2D eigenvalue weighted by molar-refractivity contribution is -0.133. The van der Waals surface area contributed by atoms with Gasteiger partial charge in [0.1, 0.15) is 0 Å². The van der Waals surface area contributed by atoms with E-state index in [0.717, 1.165) is 32.1 Å². The third kappa shape index (κ3) is 4.46. The second kappa shape index (κ2) is 7.25. The van der Waals surface area contributed by atoms with Gasteiger partial charge in [-0.1, -0.05) is 33.1 Å². The van der Waals surface area contributed by atoms with Crippen LogP contribution in [0.5, 0.6) is 0 Å². The number of rotatable bonds is 8. The SMILES string of the molecule is CCCCC1NC(CCC)N(CC(C)(C)OC)C1=O. The fourth-order valence-corrected chi connectivity index (χ4v) is 2.54. The Hall–Kier alpha value is -0.610. The van der Waals surface area contributed by atoms with Crippen LogP contribution in [-0.2, 0) is 9.53 Å². The number of amides is 1. The third-order valence-electron chi connectivity index (χ3n) is 3.86. The van der Waals surface area contributed by atoms with Crippen LogP contribution >= 0.6 is 0 Å². The number of carbonyl (C=O) groups excluding carboxylic acids is 1. The summed E-state index contributed by atoms with van der Waals surface area (Å²) in [5.74, 6) is 0.247. The van der Waals surface area contributed by atoms with Crippen molar-refractivity contribution < 1.29 is 9.53 Å². The Morgan fingerprint density at radius 2 is 1.95 bits per heavy atom. The van der Waals surface area contributed by atoms with E-state index in [1.165, 1.54) is 0 Å². The quantitative estimate of drug-likeness (QED) is 0.737. The molecule has 0 aromatic rings. The van der Waals surface area contributed by atoms with Crippen LogP contribution in [0, 0.1) is 0 Å². The van der Waals surface area contributed by atoms with E-state index < -0.39 is 0 Å². The van der Waals surface area contributed by atoms with Gasteiger partial charge in [0, 0.05) is 7.11 Å². The molecule has 1 N–H and O–H groups in total. The molecular formula is C15H30N2O2. The van der Waals surface area contributed by atoms with E-state index in [9.17, 15) is 4.79 Å². The van der Waals surface area contributed by atoms with Crippen LogP contribution in [-0.4, -0.2) is 42.3 Å². The minimum atomic E-state index is -0.289. The Balaban J connectivity index is 2.71. The molecule has 0 aromatic carbocycles. The Morgan fingerprint density at radius 1 is 1.26 bits per heavy atom. The van der Waals surface area contributed by atoms with Crippen LogP contribution in [0.4, 0.5) is 0 Å². The van der Waals surface area contributed by atoms with Crippen LogP contribution in [0.1, 0.15) is 59.8 Å². The largest absolute Gasteiger partial charge is 0.377 e. The zero-order chi connectivity index (χ0) is 14.5. The summed E-state index contributed by atoms with van der Waals surface area (Å²) >= 11 is 0. The van der Waals surface area contributed by atoms with Crippen molar-refractivity contribution in [3.8, 4) is 0 Å². The molecule has 0 spiro atoms. The zero-order valence-corrected chi connectivity index (χ0v) is 13.2. The fourth-order valence-electron chi connectivity index (χ4n) is 2.54. The first-order valence-electron chi connectivity index (χ1n) is 7.56. The number of hydrogen-bond donors (Lipinski definition) is 1. The van der Waals surface area contributed by atoms with Crippen molar-refractivity contribution >= 4 is 5.91 Å². The number of nitrogens with zero attached hydrogens (tertiary/aromatic N) is 1. The van der Waals surface area contributed by atoms with E-state index in [-0.39, 0.29) is 23.7 Å². The molecule has 1 rings (SSSR count). The number of hydrogen-bond acceptors (Lipinski definition) is 3. The van der Waals surface area contributed by atoms with Crippen LogP contribution < -0.4 is 5.32 Å². The van der Waals surface area contributed by atoms with Crippen LogP contribution in [0.2, 0.25) is 0 Å². The highest BCUT2D eigenvalue weighted by atomic mass is 16.5. The number of carbonyl (C=O) groups is 1. The van der Waals surface area contributed by atoms with E-state index in [1.807, 2.05) is 18.7 Å². The molecule has 1 saturated heterocycles. The van der Waals surface area contributed by atoms with Crippen molar-refractivity contribution in [3.05, 3.63) is 0 Å². The summed E-state index contributed by atoms with van der Waals surface area (Å²) in [4.78, 5) is 14.5. The average Bonchev–Trinajstić information content (AvgIpc) is 2.65. The summed E-state index contributed by atoms with van der Waals surface area (Å²) in [6.45, 7) is 9.04. The topological polar surface area (TPSA) is 41.6 Å². The van der Waals surface area contributed by atoms with Crippen LogP contribution in [0.25, 0.3) is 0 Å². The minimum absolute atomic E-state index is 0.00385. The highest BCUT2D eigenvalue weighted by Crippen LogP contribution is 2.22. The van der Waals surface area contributed by atoms with E-state index in [0.29, 0.717) is 6.54 Å². The van der Waals surface area contributed by atoms with E-state index >= 15 is 0 Å². The van der Waals surface area contributed by atoms with Gasteiger partial charge in [-0.05, 0) is 26.7 Å². The molecule has 4 heteroatoms. The molecule has 0 aliphatic carbocycles. The summed E-state index contributed by atoms with van der Waals surface area (Å²) in [5.41, 5.74) is -0.289.